The van der Waals surface area contributed by atoms with Gasteiger partial charge in [0.25, 0.3) is 0 Å². The average molecular weight is 277 g/mol. The van der Waals surface area contributed by atoms with E-state index in [2.05, 4.69) is 36.1 Å². The van der Waals surface area contributed by atoms with Crippen LogP contribution in [-0.2, 0) is 0 Å². The SMILES string of the molecule is CCCNc1cc(OCCC2CCC2)nc(C(C)C)n1. The zero-order valence-electron chi connectivity index (χ0n) is 13.0. The fraction of sp³-hybridized carbons (Fsp3) is 0.750. The largest absolute Gasteiger partial charge is 0.478 e. The number of anilines is 1. The molecule has 2 rings (SSSR count). The molecule has 0 bridgehead atoms. The molecule has 0 aromatic carbocycles. The quantitative estimate of drug-likeness (QED) is 0.780. The minimum absolute atomic E-state index is 0.312. The van der Waals surface area contributed by atoms with Crippen molar-refractivity contribution >= 4 is 5.82 Å². The summed E-state index contributed by atoms with van der Waals surface area (Å²) in [5.41, 5.74) is 0. The Kier molecular flexibility index (Phi) is 5.62. The second-order valence-corrected chi connectivity index (χ2v) is 5.97. The van der Waals surface area contributed by atoms with Crippen molar-refractivity contribution in [1.82, 2.24) is 9.97 Å². The lowest BCUT2D eigenvalue weighted by atomic mass is 9.83. The molecular formula is C16H27N3O. The van der Waals surface area contributed by atoms with E-state index in [0.717, 1.165) is 43.6 Å². The predicted octanol–water partition coefficient (Wildman–Crippen LogP) is 3.99. The summed E-state index contributed by atoms with van der Waals surface area (Å²) in [5, 5.41) is 3.32. The molecule has 1 saturated carbocycles. The van der Waals surface area contributed by atoms with E-state index in [1.54, 1.807) is 0 Å². The number of hydrogen-bond acceptors (Lipinski definition) is 4. The van der Waals surface area contributed by atoms with Crippen LogP contribution in [0.2, 0.25) is 0 Å². The first-order chi connectivity index (χ1) is 9.69. The van der Waals surface area contributed by atoms with Crippen LogP contribution in [0.5, 0.6) is 5.88 Å². The zero-order chi connectivity index (χ0) is 14.4. The molecule has 0 aliphatic heterocycles. The van der Waals surface area contributed by atoms with Gasteiger partial charge in [-0.05, 0) is 18.8 Å². The van der Waals surface area contributed by atoms with Gasteiger partial charge in [0.15, 0.2) is 0 Å². The van der Waals surface area contributed by atoms with Crippen molar-refractivity contribution in [3.8, 4) is 5.88 Å². The topological polar surface area (TPSA) is 47.0 Å². The Labute approximate surface area is 122 Å². The number of nitrogens with zero attached hydrogens (tertiary/aromatic N) is 2. The Morgan fingerprint density at radius 2 is 2.15 bits per heavy atom. The number of rotatable bonds is 8. The zero-order valence-corrected chi connectivity index (χ0v) is 13.0. The Morgan fingerprint density at radius 1 is 1.35 bits per heavy atom. The van der Waals surface area contributed by atoms with Gasteiger partial charge >= 0.3 is 0 Å². The molecule has 1 aliphatic carbocycles. The monoisotopic (exact) mass is 277 g/mol. The van der Waals surface area contributed by atoms with Crippen molar-refractivity contribution < 1.29 is 4.74 Å². The van der Waals surface area contributed by atoms with E-state index < -0.39 is 0 Å². The predicted molar refractivity (Wildman–Crippen MR) is 82.4 cm³/mol. The summed E-state index contributed by atoms with van der Waals surface area (Å²) in [6.07, 6.45) is 6.36. The fourth-order valence-electron chi connectivity index (χ4n) is 2.23. The number of nitrogens with one attached hydrogen (secondary N) is 1. The van der Waals surface area contributed by atoms with Crippen LogP contribution < -0.4 is 10.1 Å². The van der Waals surface area contributed by atoms with Crippen LogP contribution in [0.3, 0.4) is 0 Å². The van der Waals surface area contributed by atoms with E-state index in [1.807, 2.05) is 6.07 Å². The fourth-order valence-corrected chi connectivity index (χ4v) is 2.23. The minimum Gasteiger partial charge on any atom is -0.478 e. The molecule has 0 unspecified atom stereocenters. The summed E-state index contributed by atoms with van der Waals surface area (Å²) in [7, 11) is 0. The summed E-state index contributed by atoms with van der Waals surface area (Å²) in [6.45, 7) is 8.06. The summed E-state index contributed by atoms with van der Waals surface area (Å²) in [4.78, 5) is 9.05. The lowest BCUT2D eigenvalue weighted by Crippen LogP contribution is -2.15. The van der Waals surface area contributed by atoms with Crippen LogP contribution in [0.25, 0.3) is 0 Å². The second-order valence-electron chi connectivity index (χ2n) is 5.97. The van der Waals surface area contributed by atoms with Crippen molar-refractivity contribution in [1.29, 1.82) is 0 Å². The molecule has 0 atom stereocenters. The molecule has 112 valence electrons. The Morgan fingerprint density at radius 3 is 2.75 bits per heavy atom. The molecule has 0 saturated heterocycles. The number of aromatic nitrogens is 2. The Hall–Kier alpha value is -1.32. The van der Waals surface area contributed by atoms with Gasteiger partial charge in [0.1, 0.15) is 11.6 Å². The van der Waals surface area contributed by atoms with Crippen LogP contribution in [-0.4, -0.2) is 23.1 Å². The molecule has 1 aliphatic rings. The molecule has 4 heteroatoms. The van der Waals surface area contributed by atoms with Gasteiger partial charge in [-0.2, -0.15) is 4.98 Å². The number of ether oxygens (including phenoxy) is 1. The van der Waals surface area contributed by atoms with E-state index in [-0.39, 0.29) is 0 Å². The summed E-state index contributed by atoms with van der Waals surface area (Å²) >= 11 is 0. The molecule has 1 aromatic heterocycles. The van der Waals surface area contributed by atoms with Crippen molar-refractivity contribution in [2.45, 2.75) is 58.8 Å². The average Bonchev–Trinajstić information content (AvgIpc) is 2.39. The maximum Gasteiger partial charge on any atom is 0.218 e. The van der Waals surface area contributed by atoms with E-state index in [1.165, 1.54) is 19.3 Å². The molecule has 1 N–H and O–H groups in total. The lowest BCUT2D eigenvalue weighted by Gasteiger charge is -2.24. The maximum absolute atomic E-state index is 5.83. The van der Waals surface area contributed by atoms with E-state index in [9.17, 15) is 0 Å². The van der Waals surface area contributed by atoms with Gasteiger partial charge in [0.05, 0.1) is 6.61 Å². The highest BCUT2D eigenvalue weighted by molar-refractivity contribution is 5.38. The van der Waals surface area contributed by atoms with Crippen molar-refractivity contribution in [3.63, 3.8) is 0 Å². The molecule has 0 radical (unpaired) electrons. The van der Waals surface area contributed by atoms with E-state index in [0.29, 0.717) is 11.8 Å². The minimum atomic E-state index is 0.312. The summed E-state index contributed by atoms with van der Waals surface area (Å²) in [6, 6.07) is 1.92. The van der Waals surface area contributed by atoms with Crippen LogP contribution in [0.1, 0.15) is 64.6 Å². The van der Waals surface area contributed by atoms with Crippen molar-refractivity contribution in [2.24, 2.45) is 5.92 Å². The molecule has 4 nitrogen and oxygen atoms in total. The summed E-state index contributed by atoms with van der Waals surface area (Å²) < 4.78 is 5.83. The molecule has 1 aromatic rings. The van der Waals surface area contributed by atoms with Gasteiger partial charge in [-0.3, -0.25) is 0 Å². The molecule has 20 heavy (non-hydrogen) atoms. The molecular weight excluding hydrogens is 250 g/mol. The second kappa shape index (κ2) is 7.46. The van der Waals surface area contributed by atoms with Crippen LogP contribution in [0, 0.1) is 5.92 Å². The van der Waals surface area contributed by atoms with Gasteiger partial charge in [-0.15, -0.1) is 0 Å². The van der Waals surface area contributed by atoms with Gasteiger partial charge in [0.2, 0.25) is 5.88 Å². The van der Waals surface area contributed by atoms with Gasteiger partial charge < -0.3 is 10.1 Å². The first kappa shape index (κ1) is 15.1. The van der Waals surface area contributed by atoms with E-state index >= 15 is 0 Å². The maximum atomic E-state index is 5.83. The van der Waals surface area contributed by atoms with Crippen molar-refractivity contribution in [3.05, 3.63) is 11.9 Å². The molecule has 1 heterocycles. The van der Waals surface area contributed by atoms with E-state index in [4.69, 9.17) is 4.74 Å². The smallest absolute Gasteiger partial charge is 0.218 e. The van der Waals surface area contributed by atoms with Gasteiger partial charge in [-0.1, -0.05) is 40.0 Å². The summed E-state index contributed by atoms with van der Waals surface area (Å²) in [5.74, 6) is 3.63. The van der Waals surface area contributed by atoms with Crippen LogP contribution in [0.15, 0.2) is 6.07 Å². The van der Waals surface area contributed by atoms with Crippen LogP contribution >= 0.6 is 0 Å². The Balaban J connectivity index is 1.95. The van der Waals surface area contributed by atoms with Crippen LogP contribution in [0.4, 0.5) is 5.82 Å². The molecule has 1 fully saturated rings. The normalized spacial score (nSPS) is 15.2. The van der Waals surface area contributed by atoms with Gasteiger partial charge in [-0.25, -0.2) is 4.98 Å². The lowest BCUT2D eigenvalue weighted by molar-refractivity contribution is 0.216. The molecule has 0 spiro atoms. The highest BCUT2D eigenvalue weighted by Crippen LogP contribution is 2.29. The third-order valence-electron chi connectivity index (χ3n) is 3.79. The van der Waals surface area contributed by atoms with Crippen molar-refractivity contribution in [2.75, 3.05) is 18.5 Å². The number of hydrogen-bond donors (Lipinski definition) is 1. The first-order valence-electron chi connectivity index (χ1n) is 7.94. The molecule has 0 amide bonds. The highest BCUT2D eigenvalue weighted by atomic mass is 16.5. The Bertz CT molecular complexity index is 416. The third kappa shape index (κ3) is 4.36. The van der Waals surface area contributed by atoms with Gasteiger partial charge in [0, 0.05) is 18.5 Å². The first-order valence-corrected chi connectivity index (χ1v) is 7.94. The standard InChI is InChI=1S/C16H27N3O/c1-4-9-17-14-11-15(19-16(18-14)12(2)3)20-10-8-13-6-5-7-13/h11-13H,4-10H2,1-3H3,(H,17,18,19). The third-order valence-corrected chi connectivity index (χ3v) is 3.79. The highest BCUT2D eigenvalue weighted by Gasteiger charge is 2.17.